The number of nitrogens with zero attached hydrogens (tertiary/aromatic N) is 4. The van der Waals surface area contributed by atoms with Gasteiger partial charge < -0.3 is 39.0 Å². The summed E-state index contributed by atoms with van der Waals surface area (Å²) in [4.78, 5) is 58.7. The molecule has 2 atom stereocenters. The number of ether oxygens (including phenoxy) is 3. The highest BCUT2D eigenvalue weighted by molar-refractivity contribution is 5.96. The smallest absolute Gasteiger partial charge is 0.408 e. The van der Waals surface area contributed by atoms with Crippen LogP contribution in [0.25, 0.3) is 22.3 Å². The van der Waals surface area contributed by atoms with Crippen molar-refractivity contribution in [3.63, 3.8) is 0 Å². The number of aromatic nitrogens is 2. The average molecular weight is 786 g/mol. The van der Waals surface area contributed by atoms with Crippen molar-refractivity contribution < 1.29 is 42.6 Å². The number of esters is 1. The van der Waals surface area contributed by atoms with Gasteiger partial charge in [-0.15, -0.1) is 0 Å². The van der Waals surface area contributed by atoms with E-state index < -0.39 is 35.1 Å². The monoisotopic (exact) mass is 785 g/mol. The predicted octanol–water partition coefficient (Wildman–Crippen LogP) is 4.54. The molecule has 3 aliphatic rings. The quantitative estimate of drug-likeness (QED) is 0.143. The molecule has 15 heteroatoms. The number of carbonyl (C=O) groups is 3. The fourth-order valence-corrected chi connectivity index (χ4v) is 7.96. The lowest BCUT2D eigenvalue weighted by molar-refractivity contribution is -0.926. The number of nitrogens with one attached hydrogen (secondary N) is 2. The second kappa shape index (κ2) is 14.8. The number of carbonyl (C=O) groups excluding carboxylic acids is 3. The predicted molar refractivity (Wildman–Crippen MR) is 210 cm³/mol. The Morgan fingerprint density at radius 3 is 2.46 bits per heavy atom. The van der Waals surface area contributed by atoms with E-state index in [1.54, 1.807) is 51.3 Å². The van der Waals surface area contributed by atoms with Crippen molar-refractivity contribution in [2.45, 2.75) is 84.5 Å². The van der Waals surface area contributed by atoms with E-state index in [9.17, 15) is 24.3 Å². The van der Waals surface area contributed by atoms with Crippen LogP contribution in [0.3, 0.4) is 0 Å². The maximum atomic E-state index is 15.1. The van der Waals surface area contributed by atoms with Gasteiger partial charge in [-0.2, -0.15) is 0 Å². The van der Waals surface area contributed by atoms with E-state index in [4.69, 9.17) is 19.2 Å². The number of likely N-dealkylation sites (N-methyl/N-ethyl adjacent to an activating group) is 1. The summed E-state index contributed by atoms with van der Waals surface area (Å²) in [6.07, 6.45) is -0.629. The Morgan fingerprint density at radius 1 is 1.11 bits per heavy atom. The van der Waals surface area contributed by atoms with Gasteiger partial charge in [-0.1, -0.05) is 19.1 Å². The molecule has 0 aliphatic carbocycles. The van der Waals surface area contributed by atoms with Crippen molar-refractivity contribution in [1.82, 2.24) is 19.8 Å². The van der Waals surface area contributed by atoms with Gasteiger partial charge in [-0.25, -0.2) is 19.0 Å². The molecule has 3 N–H and O–H groups in total. The van der Waals surface area contributed by atoms with E-state index in [-0.39, 0.29) is 47.9 Å². The number of quaternary nitrogens is 1. The fourth-order valence-electron chi connectivity index (χ4n) is 7.96. The molecule has 0 spiro atoms. The molecule has 2 aromatic heterocycles. The third-order valence-electron chi connectivity index (χ3n) is 11.3. The number of piperazine rings is 1. The van der Waals surface area contributed by atoms with Crippen LogP contribution in [0.4, 0.5) is 14.9 Å². The minimum Gasteiger partial charge on any atom is -0.494 e. The molecular weight excluding hydrogens is 735 g/mol. The first-order valence-corrected chi connectivity index (χ1v) is 19.2. The van der Waals surface area contributed by atoms with Gasteiger partial charge in [0.2, 0.25) is 5.91 Å². The number of pyridine rings is 2. The SMILES string of the molecule is CC[C@@]1(O)C(=O)OCc2c1cc1n(c2=O)Cc2c-1nc1cc(F)c(OC)cc1c2CN1CC[N+](C)(Cc2ccc(NC(=O)C(C)NC(=O)OC(C)(C)C)cc2)CC1. The maximum absolute atomic E-state index is 15.1. The second-order valence-electron chi connectivity index (χ2n) is 16.6. The standard InChI is InChI=1S/C42H49FN6O8/c1-8-42(54)31-18-34-36-29(21-48(34)38(51)30(31)23-56-39(42)52)28(27-17-35(55-7)32(43)19-33(27)46-36)20-47-13-15-49(6,16-14-47)22-25-9-11-26(12-10-25)45-37(50)24(2)44-40(53)57-41(3,4)5/h9-12,17-19,24,54H,8,13-16,20-23H2,1-7H3,(H-,44,45,50,53)/p+1/t24?,42-/m0/s1. The van der Waals surface area contributed by atoms with Crippen LogP contribution >= 0.6 is 0 Å². The molecule has 0 saturated carbocycles. The minimum atomic E-state index is -1.96. The summed E-state index contributed by atoms with van der Waals surface area (Å²) in [5.41, 5.74) is 2.36. The van der Waals surface area contributed by atoms with E-state index in [0.29, 0.717) is 29.1 Å². The van der Waals surface area contributed by atoms with Crippen LogP contribution in [-0.4, -0.2) is 94.0 Å². The van der Waals surface area contributed by atoms with Crippen LogP contribution in [0.1, 0.15) is 68.9 Å². The van der Waals surface area contributed by atoms with Gasteiger partial charge in [0.1, 0.15) is 24.8 Å². The molecule has 2 aromatic carbocycles. The molecule has 302 valence electrons. The Morgan fingerprint density at radius 2 is 1.81 bits per heavy atom. The number of aliphatic hydroxyl groups is 1. The summed E-state index contributed by atoms with van der Waals surface area (Å²) in [6.45, 7) is 13.1. The summed E-state index contributed by atoms with van der Waals surface area (Å²) >= 11 is 0. The summed E-state index contributed by atoms with van der Waals surface area (Å²) in [6, 6.07) is 11.6. The van der Waals surface area contributed by atoms with E-state index in [1.165, 1.54) is 13.2 Å². The summed E-state index contributed by atoms with van der Waals surface area (Å²) in [7, 11) is 3.64. The zero-order valence-corrected chi connectivity index (χ0v) is 33.5. The van der Waals surface area contributed by atoms with Crippen molar-refractivity contribution in [2.75, 3.05) is 45.7 Å². The highest BCUT2D eigenvalue weighted by Gasteiger charge is 2.45. The molecule has 1 fully saturated rings. The van der Waals surface area contributed by atoms with Crippen LogP contribution in [0.15, 0.2) is 47.3 Å². The van der Waals surface area contributed by atoms with Crippen LogP contribution in [-0.2, 0) is 50.9 Å². The van der Waals surface area contributed by atoms with E-state index in [0.717, 1.165) is 59.3 Å². The summed E-state index contributed by atoms with van der Waals surface area (Å²) in [5.74, 6) is -1.61. The first kappa shape index (κ1) is 39.8. The lowest BCUT2D eigenvalue weighted by Gasteiger charge is -2.42. The Hall–Kier alpha value is -5.38. The average Bonchev–Trinajstić information content (AvgIpc) is 3.52. The number of hydrogen-bond acceptors (Lipinski definition) is 10. The largest absolute Gasteiger partial charge is 0.494 e. The number of benzene rings is 2. The highest BCUT2D eigenvalue weighted by Crippen LogP contribution is 2.41. The molecule has 14 nitrogen and oxygen atoms in total. The number of methoxy groups -OCH3 is 1. The van der Waals surface area contributed by atoms with E-state index >= 15 is 4.39 Å². The van der Waals surface area contributed by atoms with Crippen molar-refractivity contribution >= 4 is 34.6 Å². The zero-order chi connectivity index (χ0) is 41.0. The Labute approximate surface area is 330 Å². The number of alkyl carbamates (subject to hydrolysis) is 1. The van der Waals surface area contributed by atoms with Gasteiger partial charge in [0.25, 0.3) is 5.56 Å². The number of halogens is 1. The molecule has 2 amide bonds. The molecule has 0 bridgehead atoms. The fraction of sp³-hybridized carbons (Fsp3) is 0.452. The first-order valence-electron chi connectivity index (χ1n) is 19.2. The van der Waals surface area contributed by atoms with E-state index in [1.807, 2.05) is 24.3 Å². The minimum absolute atomic E-state index is 0.0296. The Kier molecular flexibility index (Phi) is 10.4. The molecule has 3 aliphatic heterocycles. The van der Waals surface area contributed by atoms with Crippen molar-refractivity contribution in [2.24, 2.45) is 0 Å². The third kappa shape index (κ3) is 7.71. The summed E-state index contributed by atoms with van der Waals surface area (Å²) in [5, 5.41) is 17.5. The van der Waals surface area contributed by atoms with Crippen LogP contribution in [0, 0.1) is 5.82 Å². The number of fused-ring (bicyclic) bond motifs is 5. The topological polar surface area (TPSA) is 161 Å². The number of amides is 2. The lowest BCUT2D eigenvalue weighted by Crippen LogP contribution is -2.56. The molecule has 5 heterocycles. The van der Waals surface area contributed by atoms with Gasteiger partial charge in [0, 0.05) is 53.5 Å². The molecule has 0 radical (unpaired) electrons. The Bertz CT molecular complexity index is 2330. The summed E-state index contributed by atoms with van der Waals surface area (Å²) < 4.78 is 33.4. The van der Waals surface area contributed by atoms with Crippen molar-refractivity contribution in [3.05, 3.63) is 86.5 Å². The normalized spacial score (nSPS) is 19.2. The van der Waals surface area contributed by atoms with Gasteiger partial charge in [0.15, 0.2) is 17.2 Å². The number of cyclic esters (lactones) is 1. The van der Waals surface area contributed by atoms with Crippen LogP contribution < -0.4 is 20.9 Å². The Balaban J connectivity index is 1.08. The molecule has 1 saturated heterocycles. The molecule has 1 unspecified atom stereocenters. The van der Waals surface area contributed by atoms with E-state index in [2.05, 4.69) is 22.6 Å². The molecular formula is C42H50FN6O8+. The number of rotatable bonds is 9. The zero-order valence-electron chi connectivity index (χ0n) is 33.5. The van der Waals surface area contributed by atoms with Crippen LogP contribution in [0.2, 0.25) is 0 Å². The van der Waals surface area contributed by atoms with Crippen molar-refractivity contribution in [1.29, 1.82) is 0 Å². The molecule has 7 rings (SSSR count). The first-order chi connectivity index (χ1) is 26.9. The number of anilines is 1. The molecule has 4 aromatic rings. The van der Waals surface area contributed by atoms with Gasteiger partial charge in [0.05, 0.1) is 56.3 Å². The third-order valence-corrected chi connectivity index (χ3v) is 11.3. The highest BCUT2D eigenvalue weighted by atomic mass is 19.1. The number of hydrogen-bond donors (Lipinski definition) is 3. The van der Waals surface area contributed by atoms with Gasteiger partial charge in [-0.05, 0) is 63.9 Å². The lowest BCUT2D eigenvalue weighted by atomic mass is 9.86. The van der Waals surface area contributed by atoms with Gasteiger partial charge >= 0.3 is 12.1 Å². The van der Waals surface area contributed by atoms with Crippen LogP contribution in [0.5, 0.6) is 5.75 Å². The molecule has 57 heavy (non-hydrogen) atoms. The van der Waals surface area contributed by atoms with Crippen molar-refractivity contribution in [3.8, 4) is 17.1 Å². The maximum Gasteiger partial charge on any atom is 0.408 e. The van der Waals surface area contributed by atoms with Gasteiger partial charge in [-0.3, -0.25) is 14.5 Å². The second-order valence-corrected chi connectivity index (χ2v) is 16.6.